The number of hydrogen-bond acceptors (Lipinski definition) is 3. The van der Waals surface area contributed by atoms with E-state index in [4.69, 9.17) is 0 Å². The minimum Gasteiger partial charge on any atom is -0.354 e. The van der Waals surface area contributed by atoms with E-state index in [1.165, 1.54) is 16.7 Å². The summed E-state index contributed by atoms with van der Waals surface area (Å²) >= 11 is 1.59. The highest BCUT2D eigenvalue weighted by Crippen LogP contribution is 2.19. The number of aryl methyl sites for hydroxylation is 2. The molecular formula is C30H36N2O2S. The molecule has 3 aromatic carbocycles. The zero-order valence-corrected chi connectivity index (χ0v) is 21.8. The van der Waals surface area contributed by atoms with Crippen molar-refractivity contribution < 1.29 is 9.59 Å². The van der Waals surface area contributed by atoms with Gasteiger partial charge >= 0.3 is 0 Å². The van der Waals surface area contributed by atoms with Crippen molar-refractivity contribution >= 4 is 23.6 Å². The van der Waals surface area contributed by atoms with E-state index in [0.29, 0.717) is 25.3 Å². The molecular weight excluding hydrogens is 452 g/mol. The van der Waals surface area contributed by atoms with Gasteiger partial charge in [0.2, 0.25) is 11.8 Å². The van der Waals surface area contributed by atoms with Gasteiger partial charge in [0.1, 0.15) is 6.04 Å². The number of thioether (sulfide) groups is 1. The number of hydrogen-bond donors (Lipinski definition) is 1. The molecule has 0 bridgehead atoms. The lowest BCUT2D eigenvalue weighted by atomic mass is 10.0. The van der Waals surface area contributed by atoms with Gasteiger partial charge in [-0.1, -0.05) is 96.9 Å². The SMILES string of the molecule is CCCNC(=O)[C@@H](Cc1ccccc1)N(Cc1ccc(C)cc1)C(=O)CSCc1ccc(C)cc1. The Morgan fingerprint density at radius 3 is 2.03 bits per heavy atom. The van der Waals surface area contributed by atoms with Crippen LogP contribution in [-0.4, -0.2) is 35.1 Å². The molecule has 0 unspecified atom stereocenters. The maximum Gasteiger partial charge on any atom is 0.243 e. The Labute approximate surface area is 214 Å². The summed E-state index contributed by atoms with van der Waals surface area (Å²) in [5, 5.41) is 3.03. The van der Waals surface area contributed by atoms with Crippen molar-refractivity contribution in [2.45, 2.75) is 52.0 Å². The summed E-state index contributed by atoms with van der Waals surface area (Å²) in [6, 6.07) is 25.9. The molecule has 0 spiro atoms. The van der Waals surface area contributed by atoms with Crippen LogP contribution in [0.1, 0.15) is 41.2 Å². The predicted molar refractivity (Wildman–Crippen MR) is 146 cm³/mol. The first-order valence-corrected chi connectivity index (χ1v) is 13.4. The fourth-order valence-electron chi connectivity index (χ4n) is 3.83. The van der Waals surface area contributed by atoms with Gasteiger partial charge in [-0.2, -0.15) is 0 Å². The molecule has 0 aliphatic rings. The van der Waals surface area contributed by atoms with Gasteiger partial charge in [-0.15, -0.1) is 11.8 Å². The van der Waals surface area contributed by atoms with Crippen LogP contribution < -0.4 is 5.32 Å². The number of nitrogens with one attached hydrogen (secondary N) is 1. The minimum absolute atomic E-state index is 0.0183. The third kappa shape index (κ3) is 8.59. The van der Waals surface area contributed by atoms with Crippen molar-refractivity contribution in [1.29, 1.82) is 0 Å². The van der Waals surface area contributed by atoms with E-state index in [9.17, 15) is 9.59 Å². The van der Waals surface area contributed by atoms with Crippen LogP contribution >= 0.6 is 11.8 Å². The van der Waals surface area contributed by atoms with E-state index in [0.717, 1.165) is 23.3 Å². The van der Waals surface area contributed by atoms with Crippen LogP contribution in [0.5, 0.6) is 0 Å². The van der Waals surface area contributed by atoms with Gasteiger partial charge in [-0.25, -0.2) is 0 Å². The number of carbonyl (C=O) groups excluding carboxylic acids is 2. The highest BCUT2D eigenvalue weighted by Gasteiger charge is 2.30. The summed E-state index contributed by atoms with van der Waals surface area (Å²) in [4.78, 5) is 28.7. The molecule has 2 amide bonds. The number of amides is 2. The molecule has 0 saturated heterocycles. The smallest absolute Gasteiger partial charge is 0.243 e. The molecule has 1 atom stereocenters. The monoisotopic (exact) mass is 488 g/mol. The van der Waals surface area contributed by atoms with Gasteiger partial charge in [-0.05, 0) is 37.0 Å². The van der Waals surface area contributed by atoms with Gasteiger partial charge in [0.05, 0.1) is 5.75 Å². The largest absolute Gasteiger partial charge is 0.354 e. The minimum atomic E-state index is -0.572. The average Bonchev–Trinajstić information content (AvgIpc) is 2.87. The van der Waals surface area contributed by atoms with E-state index in [1.807, 2.05) is 68.4 Å². The van der Waals surface area contributed by atoms with Gasteiger partial charge in [0.15, 0.2) is 0 Å². The van der Waals surface area contributed by atoms with E-state index in [1.54, 1.807) is 16.7 Å². The van der Waals surface area contributed by atoms with E-state index >= 15 is 0 Å². The first-order chi connectivity index (χ1) is 17.0. The Bertz CT molecular complexity index is 1070. The summed E-state index contributed by atoms with van der Waals surface area (Å²) in [6.07, 6.45) is 1.33. The Balaban J connectivity index is 1.81. The van der Waals surface area contributed by atoms with Crippen molar-refractivity contribution in [3.63, 3.8) is 0 Å². The van der Waals surface area contributed by atoms with Crippen LogP contribution in [0.4, 0.5) is 0 Å². The van der Waals surface area contributed by atoms with Gasteiger partial charge in [0, 0.05) is 25.3 Å². The van der Waals surface area contributed by atoms with E-state index in [2.05, 4.69) is 36.5 Å². The molecule has 0 fully saturated rings. The van der Waals surface area contributed by atoms with Crippen molar-refractivity contribution in [3.05, 3.63) is 107 Å². The topological polar surface area (TPSA) is 49.4 Å². The van der Waals surface area contributed by atoms with Crippen molar-refractivity contribution in [1.82, 2.24) is 10.2 Å². The number of carbonyl (C=O) groups is 2. The first-order valence-electron chi connectivity index (χ1n) is 12.3. The Hall–Kier alpha value is -3.05. The Morgan fingerprint density at radius 1 is 0.829 bits per heavy atom. The van der Waals surface area contributed by atoms with Crippen LogP contribution in [0.3, 0.4) is 0 Å². The summed E-state index contributed by atoms with van der Waals surface area (Å²) < 4.78 is 0. The van der Waals surface area contributed by atoms with Crippen LogP contribution in [0.25, 0.3) is 0 Å². The summed E-state index contributed by atoms with van der Waals surface area (Å²) in [7, 11) is 0. The standard InChI is InChI=1S/C30H36N2O2S/c1-4-18-31-30(34)28(19-25-8-6-5-7-9-25)32(20-26-14-10-23(2)11-15-26)29(33)22-35-21-27-16-12-24(3)13-17-27/h5-17,28H,4,18-22H2,1-3H3,(H,31,34)/t28-/m1/s1. The molecule has 5 heteroatoms. The molecule has 3 aromatic rings. The molecule has 3 rings (SSSR count). The van der Waals surface area contributed by atoms with Crippen LogP contribution in [-0.2, 0) is 28.3 Å². The lowest BCUT2D eigenvalue weighted by molar-refractivity contribution is -0.139. The third-order valence-corrected chi connectivity index (χ3v) is 6.90. The molecule has 0 aliphatic carbocycles. The zero-order chi connectivity index (χ0) is 25.0. The van der Waals surface area contributed by atoms with Crippen molar-refractivity contribution in [2.75, 3.05) is 12.3 Å². The molecule has 0 radical (unpaired) electrons. The lowest BCUT2D eigenvalue weighted by Gasteiger charge is -2.31. The molecule has 0 saturated carbocycles. The number of rotatable bonds is 12. The van der Waals surface area contributed by atoms with Crippen LogP contribution in [0, 0.1) is 13.8 Å². The third-order valence-electron chi connectivity index (χ3n) is 5.91. The highest BCUT2D eigenvalue weighted by atomic mass is 32.2. The molecule has 35 heavy (non-hydrogen) atoms. The molecule has 0 aromatic heterocycles. The second-order valence-corrected chi connectivity index (χ2v) is 9.97. The second kappa shape index (κ2) is 13.7. The zero-order valence-electron chi connectivity index (χ0n) is 21.0. The maximum absolute atomic E-state index is 13.6. The molecule has 1 N–H and O–H groups in total. The second-order valence-electron chi connectivity index (χ2n) is 8.98. The maximum atomic E-state index is 13.6. The summed E-state index contributed by atoms with van der Waals surface area (Å²) in [6.45, 7) is 7.15. The van der Waals surface area contributed by atoms with Crippen LogP contribution in [0.2, 0.25) is 0 Å². The molecule has 0 aliphatic heterocycles. The summed E-state index contributed by atoms with van der Waals surface area (Å²) in [5.41, 5.74) is 5.65. The van der Waals surface area contributed by atoms with Crippen molar-refractivity contribution in [3.8, 4) is 0 Å². The van der Waals surface area contributed by atoms with E-state index < -0.39 is 6.04 Å². The van der Waals surface area contributed by atoms with Crippen LogP contribution in [0.15, 0.2) is 78.9 Å². The van der Waals surface area contributed by atoms with Gasteiger partial charge < -0.3 is 10.2 Å². The molecule has 184 valence electrons. The number of benzene rings is 3. The first kappa shape index (κ1) is 26.6. The molecule has 4 nitrogen and oxygen atoms in total. The van der Waals surface area contributed by atoms with Gasteiger partial charge in [-0.3, -0.25) is 9.59 Å². The van der Waals surface area contributed by atoms with Gasteiger partial charge in [0.25, 0.3) is 0 Å². The lowest BCUT2D eigenvalue weighted by Crippen LogP contribution is -2.51. The Kier molecular flexibility index (Phi) is 10.4. The van der Waals surface area contributed by atoms with Crippen molar-refractivity contribution in [2.24, 2.45) is 0 Å². The fraction of sp³-hybridized carbons (Fsp3) is 0.333. The van der Waals surface area contributed by atoms with E-state index in [-0.39, 0.29) is 11.8 Å². The summed E-state index contributed by atoms with van der Waals surface area (Å²) in [5.74, 6) is 0.969. The predicted octanol–water partition coefficient (Wildman–Crippen LogP) is 5.70. The number of nitrogens with zero attached hydrogens (tertiary/aromatic N) is 1. The average molecular weight is 489 g/mol. The fourth-order valence-corrected chi connectivity index (χ4v) is 4.70. The quantitative estimate of drug-likeness (QED) is 0.356. The highest BCUT2D eigenvalue weighted by molar-refractivity contribution is 7.99. The Morgan fingerprint density at radius 2 is 1.43 bits per heavy atom. The molecule has 0 heterocycles. The normalized spacial score (nSPS) is 11.6.